The summed E-state index contributed by atoms with van der Waals surface area (Å²) in [5.41, 5.74) is 2.40. The van der Waals surface area contributed by atoms with Crippen LogP contribution in [0.25, 0.3) is 20.4 Å². The van der Waals surface area contributed by atoms with E-state index in [1.54, 1.807) is 22.6 Å². The van der Waals surface area contributed by atoms with Crippen molar-refractivity contribution in [2.24, 2.45) is 0 Å². The standard InChI is InChI=1S/C19H20FN5OS/c1-10-11(2)23-24-17-13(10)15-16(27-17)14(21-9-22-15)12-3-7-25(8-4-12)18(26)19(20)5-6-19/h9,12H,3-8H2,1-2H3. The largest absolute Gasteiger partial charge is 0.340 e. The highest BCUT2D eigenvalue weighted by molar-refractivity contribution is 7.25. The van der Waals surface area contributed by atoms with Crippen molar-refractivity contribution in [3.8, 4) is 0 Å². The van der Waals surface area contributed by atoms with Gasteiger partial charge in [-0.2, -0.15) is 5.10 Å². The first kappa shape index (κ1) is 16.9. The Labute approximate surface area is 159 Å². The van der Waals surface area contributed by atoms with Gasteiger partial charge in [0.25, 0.3) is 5.91 Å². The Morgan fingerprint density at radius 3 is 2.67 bits per heavy atom. The van der Waals surface area contributed by atoms with Crippen molar-refractivity contribution in [2.75, 3.05) is 13.1 Å². The number of piperidine rings is 1. The molecule has 0 spiro atoms. The average Bonchev–Trinajstić information content (AvgIpc) is 3.32. The van der Waals surface area contributed by atoms with Crippen LogP contribution in [0.2, 0.25) is 0 Å². The van der Waals surface area contributed by atoms with E-state index in [9.17, 15) is 9.18 Å². The van der Waals surface area contributed by atoms with Crippen LogP contribution >= 0.6 is 11.3 Å². The third-order valence-electron chi connectivity index (χ3n) is 5.93. The van der Waals surface area contributed by atoms with Gasteiger partial charge in [0.15, 0.2) is 5.67 Å². The van der Waals surface area contributed by atoms with Crippen LogP contribution in [0.15, 0.2) is 6.33 Å². The van der Waals surface area contributed by atoms with Crippen LogP contribution in [0.5, 0.6) is 0 Å². The molecule has 6 nitrogen and oxygen atoms in total. The van der Waals surface area contributed by atoms with Crippen LogP contribution in [-0.4, -0.2) is 49.7 Å². The number of carbonyl (C=O) groups is 1. The number of aryl methyl sites for hydroxylation is 2. The summed E-state index contributed by atoms with van der Waals surface area (Å²) in [7, 11) is 0. The summed E-state index contributed by atoms with van der Waals surface area (Å²) < 4.78 is 15.1. The molecule has 1 aliphatic carbocycles. The second kappa shape index (κ2) is 5.89. The van der Waals surface area contributed by atoms with E-state index < -0.39 is 5.67 Å². The highest BCUT2D eigenvalue weighted by Gasteiger charge is 2.53. The van der Waals surface area contributed by atoms with Crippen molar-refractivity contribution in [1.82, 2.24) is 25.1 Å². The number of amides is 1. The van der Waals surface area contributed by atoms with Crippen LogP contribution in [0.3, 0.4) is 0 Å². The number of likely N-dealkylation sites (tertiary alicyclic amines) is 1. The Morgan fingerprint density at radius 1 is 1.22 bits per heavy atom. The molecule has 0 unspecified atom stereocenters. The van der Waals surface area contributed by atoms with Gasteiger partial charge in [0.05, 0.1) is 21.6 Å². The number of hydrogen-bond donors (Lipinski definition) is 0. The van der Waals surface area contributed by atoms with Gasteiger partial charge in [-0.15, -0.1) is 16.4 Å². The molecule has 4 heterocycles. The van der Waals surface area contributed by atoms with Crippen molar-refractivity contribution in [3.05, 3.63) is 23.3 Å². The maximum absolute atomic E-state index is 14.1. The molecule has 1 saturated heterocycles. The average molecular weight is 385 g/mol. The van der Waals surface area contributed by atoms with Crippen LogP contribution in [0, 0.1) is 13.8 Å². The van der Waals surface area contributed by atoms with Crippen molar-refractivity contribution in [3.63, 3.8) is 0 Å². The molecule has 1 amide bonds. The number of fused-ring (bicyclic) bond motifs is 3. The lowest BCUT2D eigenvalue weighted by Gasteiger charge is -2.32. The molecule has 3 aromatic heterocycles. The third-order valence-corrected chi connectivity index (χ3v) is 7.02. The molecule has 5 rings (SSSR count). The normalized spacial score (nSPS) is 19.7. The number of alkyl halides is 1. The first-order valence-electron chi connectivity index (χ1n) is 9.33. The monoisotopic (exact) mass is 385 g/mol. The van der Waals surface area contributed by atoms with Gasteiger partial charge in [0.1, 0.15) is 11.2 Å². The molecular formula is C19H20FN5OS. The number of aromatic nitrogens is 4. The maximum atomic E-state index is 14.1. The van der Waals surface area contributed by atoms with E-state index in [1.807, 2.05) is 6.92 Å². The molecule has 27 heavy (non-hydrogen) atoms. The molecule has 3 aromatic rings. The fraction of sp³-hybridized carbons (Fsp3) is 0.526. The number of halogens is 1. The molecule has 1 saturated carbocycles. The molecule has 0 N–H and O–H groups in total. The van der Waals surface area contributed by atoms with Gasteiger partial charge in [-0.1, -0.05) is 0 Å². The van der Waals surface area contributed by atoms with E-state index in [0.29, 0.717) is 25.9 Å². The zero-order valence-corrected chi connectivity index (χ0v) is 16.1. The lowest BCUT2D eigenvalue weighted by atomic mass is 9.92. The molecule has 2 aliphatic rings. The van der Waals surface area contributed by atoms with Crippen molar-refractivity contribution in [1.29, 1.82) is 0 Å². The lowest BCUT2D eigenvalue weighted by Crippen LogP contribution is -2.43. The molecule has 1 aliphatic heterocycles. The number of rotatable bonds is 2. The zero-order chi connectivity index (χ0) is 18.8. The molecule has 0 radical (unpaired) electrons. The minimum atomic E-state index is -1.57. The Hall–Kier alpha value is -2.22. The van der Waals surface area contributed by atoms with Gasteiger partial charge in [-0.05, 0) is 45.1 Å². The summed E-state index contributed by atoms with van der Waals surface area (Å²) >= 11 is 1.59. The first-order chi connectivity index (χ1) is 13.0. The van der Waals surface area contributed by atoms with Crippen LogP contribution < -0.4 is 0 Å². The summed E-state index contributed by atoms with van der Waals surface area (Å²) in [6.45, 7) is 5.18. The lowest BCUT2D eigenvalue weighted by molar-refractivity contribution is -0.139. The second-order valence-corrected chi connectivity index (χ2v) is 8.66. The van der Waals surface area contributed by atoms with Crippen LogP contribution in [0.1, 0.15) is 48.6 Å². The van der Waals surface area contributed by atoms with Gasteiger partial charge < -0.3 is 4.90 Å². The number of thiophene rings is 1. The third kappa shape index (κ3) is 2.61. The van der Waals surface area contributed by atoms with Crippen LogP contribution in [0.4, 0.5) is 4.39 Å². The van der Waals surface area contributed by atoms with E-state index in [-0.39, 0.29) is 11.8 Å². The molecule has 2 fully saturated rings. The summed E-state index contributed by atoms with van der Waals surface area (Å²) in [6, 6.07) is 0. The number of nitrogens with zero attached hydrogens (tertiary/aromatic N) is 5. The number of hydrogen-bond acceptors (Lipinski definition) is 6. The van der Waals surface area contributed by atoms with E-state index in [4.69, 9.17) is 0 Å². The van der Waals surface area contributed by atoms with Gasteiger partial charge in [-0.3, -0.25) is 4.79 Å². The summed E-state index contributed by atoms with van der Waals surface area (Å²) in [6.07, 6.45) is 3.97. The first-order valence-corrected chi connectivity index (χ1v) is 10.1. The maximum Gasteiger partial charge on any atom is 0.260 e. The second-order valence-electron chi connectivity index (χ2n) is 7.66. The van der Waals surface area contributed by atoms with Crippen LogP contribution in [-0.2, 0) is 4.79 Å². The van der Waals surface area contributed by atoms with E-state index in [1.165, 1.54) is 0 Å². The highest BCUT2D eigenvalue weighted by atomic mass is 32.1. The van der Waals surface area contributed by atoms with E-state index in [0.717, 1.165) is 50.2 Å². The van der Waals surface area contributed by atoms with Crippen molar-refractivity contribution >= 4 is 37.7 Å². The fourth-order valence-electron chi connectivity index (χ4n) is 3.95. The predicted octanol–water partition coefficient (Wildman–Crippen LogP) is 3.46. The molecular weight excluding hydrogens is 365 g/mol. The Morgan fingerprint density at radius 2 is 1.96 bits per heavy atom. The molecule has 140 valence electrons. The SMILES string of the molecule is Cc1nnc2sc3c(C4CCN(C(=O)C5(F)CC5)CC4)ncnc3c2c1C. The Balaban J connectivity index is 1.47. The minimum absolute atomic E-state index is 0.247. The quantitative estimate of drug-likeness (QED) is 0.676. The summed E-state index contributed by atoms with van der Waals surface area (Å²) in [5, 5.41) is 9.64. The van der Waals surface area contributed by atoms with Gasteiger partial charge >= 0.3 is 0 Å². The molecule has 0 aromatic carbocycles. The summed E-state index contributed by atoms with van der Waals surface area (Å²) in [5.74, 6) is -0.0752. The van der Waals surface area contributed by atoms with Gasteiger partial charge in [-0.25, -0.2) is 14.4 Å². The smallest absolute Gasteiger partial charge is 0.260 e. The van der Waals surface area contributed by atoms with Gasteiger partial charge in [0, 0.05) is 24.4 Å². The number of carbonyl (C=O) groups excluding carboxylic acids is 1. The van der Waals surface area contributed by atoms with Crippen molar-refractivity contribution < 1.29 is 9.18 Å². The fourth-order valence-corrected chi connectivity index (χ4v) is 5.16. The minimum Gasteiger partial charge on any atom is -0.340 e. The Bertz CT molecular complexity index is 1070. The topological polar surface area (TPSA) is 71.9 Å². The Kier molecular flexibility index (Phi) is 3.69. The van der Waals surface area contributed by atoms with E-state index >= 15 is 0 Å². The molecule has 8 heteroatoms. The summed E-state index contributed by atoms with van der Waals surface area (Å²) in [4.78, 5) is 23.9. The molecule has 0 atom stereocenters. The highest BCUT2D eigenvalue weighted by Crippen LogP contribution is 2.43. The predicted molar refractivity (Wildman–Crippen MR) is 102 cm³/mol. The van der Waals surface area contributed by atoms with Crippen molar-refractivity contribution in [2.45, 2.75) is 51.1 Å². The molecule has 0 bridgehead atoms. The van der Waals surface area contributed by atoms with E-state index in [2.05, 4.69) is 27.1 Å². The van der Waals surface area contributed by atoms with Gasteiger partial charge in [0.2, 0.25) is 0 Å². The zero-order valence-electron chi connectivity index (χ0n) is 15.3.